The summed E-state index contributed by atoms with van der Waals surface area (Å²) >= 11 is 6.10. The summed E-state index contributed by atoms with van der Waals surface area (Å²) in [6, 6.07) is 9.36. The van der Waals surface area contributed by atoms with Gasteiger partial charge in [0.15, 0.2) is 5.82 Å². The number of imidazole rings is 1. The van der Waals surface area contributed by atoms with E-state index in [1.54, 1.807) is 6.20 Å². The van der Waals surface area contributed by atoms with Crippen molar-refractivity contribution in [1.82, 2.24) is 14.5 Å². The summed E-state index contributed by atoms with van der Waals surface area (Å²) in [5.74, 6) is 0.794. The second kappa shape index (κ2) is 5.13. The van der Waals surface area contributed by atoms with Gasteiger partial charge in [-0.3, -0.25) is 4.98 Å². The Labute approximate surface area is 122 Å². The molecule has 0 atom stereocenters. The average molecular weight is 287 g/mol. The van der Waals surface area contributed by atoms with E-state index in [0.29, 0.717) is 16.4 Å². The Morgan fingerprint density at radius 1 is 1.30 bits per heavy atom. The summed E-state index contributed by atoms with van der Waals surface area (Å²) in [4.78, 5) is 9.03. The first-order valence-corrected chi connectivity index (χ1v) is 6.95. The molecule has 2 heterocycles. The van der Waals surface area contributed by atoms with Crippen molar-refractivity contribution < 1.29 is 0 Å². The first-order chi connectivity index (χ1) is 9.70. The molecule has 4 nitrogen and oxygen atoms in total. The number of anilines is 1. The van der Waals surface area contributed by atoms with Gasteiger partial charge in [0, 0.05) is 17.8 Å². The molecule has 0 aliphatic carbocycles. The van der Waals surface area contributed by atoms with Gasteiger partial charge in [0.2, 0.25) is 0 Å². The predicted octanol–water partition coefficient (Wildman–Crippen LogP) is 3.74. The van der Waals surface area contributed by atoms with Gasteiger partial charge in [0.1, 0.15) is 5.69 Å². The molecule has 0 amide bonds. The van der Waals surface area contributed by atoms with Gasteiger partial charge in [-0.15, -0.1) is 0 Å². The van der Waals surface area contributed by atoms with E-state index in [9.17, 15) is 0 Å². The van der Waals surface area contributed by atoms with Gasteiger partial charge in [0.05, 0.1) is 16.7 Å². The molecule has 5 heteroatoms. The molecule has 0 aliphatic heterocycles. The summed E-state index contributed by atoms with van der Waals surface area (Å²) in [6.45, 7) is 2.98. The molecule has 0 saturated carbocycles. The maximum absolute atomic E-state index is 6.10. The van der Waals surface area contributed by atoms with Crippen molar-refractivity contribution in [2.24, 2.45) is 0 Å². The fraction of sp³-hybridized carbons (Fsp3) is 0.200. The van der Waals surface area contributed by atoms with Crippen molar-refractivity contribution in [3.8, 4) is 11.5 Å². The van der Waals surface area contributed by atoms with Crippen LogP contribution in [-0.4, -0.2) is 14.5 Å². The van der Waals surface area contributed by atoms with Crippen LogP contribution in [-0.2, 0) is 6.54 Å². The summed E-state index contributed by atoms with van der Waals surface area (Å²) in [5, 5.41) is 0.704. The number of aromatic nitrogens is 3. The molecule has 0 unspecified atom stereocenters. The van der Waals surface area contributed by atoms with E-state index < -0.39 is 0 Å². The Kier molecular flexibility index (Phi) is 3.32. The van der Waals surface area contributed by atoms with Gasteiger partial charge in [-0.05, 0) is 36.8 Å². The highest BCUT2D eigenvalue weighted by molar-refractivity contribution is 6.31. The number of hydrogen-bond acceptors (Lipinski definition) is 3. The van der Waals surface area contributed by atoms with Crippen LogP contribution in [0.15, 0.2) is 36.5 Å². The molecule has 0 bridgehead atoms. The molecular formula is C15H15ClN4. The van der Waals surface area contributed by atoms with E-state index in [1.807, 2.05) is 30.3 Å². The second-order valence-electron chi connectivity index (χ2n) is 4.66. The standard InChI is InChI=1S/C15H15ClN4/c1-2-8-20-13-9-10(16)5-6-12(13)19-15(20)14-11(17)4-3-7-18-14/h3-7,9H,2,8,17H2,1H3. The number of nitrogens with two attached hydrogens (primary N) is 1. The van der Waals surface area contributed by atoms with Gasteiger partial charge < -0.3 is 10.3 Å². The monoisotopic (exact) mass is 286 g/mol. The third kappa shape index (κ3) is 2.12. The molecule has 0 saturated heterocycles. The summed E-state index contributed by atoms with van der Waals surface area (Å²) in [6.07, 6.45) is 2.73. The number of fused-ring (bicyclic) bond motifs is 1. The fourth-order valence-electron chi connectivity index (χ4n) is 2.33. The Morgan fingerprint density at radius 3 is 2.90 bits per heavy atom. The third-order valence-corrected chi connectivity index (χ3v) is 3.44. The van der Waals surface area contributed by atoms with E-state index in [1.165, 1.54) is 0 Å². The highest BCUT2D eigenvalue weighted by Crippen LogP contribution is 2.28. The minimum Gasteiger partial charge on any atom is -0.397 e. The average Bonchev–Trinajstić information content (AvgIpc) is 2.78. The van der Waals surface area contributed by atoms with Crippen LogP contribution in [0.3, 0.4) is 0 Å². The van der Waals surface area contributed by atoms with Crippen molar-refractivity contribution in [2.45, 2.75) is 19.9 Å². The third-order valence-electron chi connectivity index (χ3n) is 3.21. The van der Waals surface area contributed by atoms with Crippen molar-refractivity contribution in [2.75, 3.05) is 5.73 Å². The summed E-state index contributed by atoms with van der Waals surface area (Å²) in [7, 11) is 0. The lowest BCUT2D eigenvalue weighted by atomic mass is 10.3. The zero-order valence-corrected chi connectivity index (χ0v) is 11.9. The molecule has 0 fully saturated rings. The molecule has 1 aromatic carbocycles. The number of rotatable bonds is 3. The molecule has 0 spiro atoms. The number of nitrogen functional groups attached to an aromatic ring is 1. The quantitative estimate of drug-likeness (QED) is 0.798. The molecule has 3 rings (SSSR count). The van der Waals surface area contributed by atoms with Gasteiger partial charge in [-0.2, -0.15) is 0 Å². The van der Waals surface area contributed by atoms with Crippen LogP contribution in [0.1, 0.15) is 13.3 Å². The maximum Gasteiger partial charge on any atom is 0.161 e. The van der Waals surface area contributed by atoms with E-state index >= 15 is 0 Å². The molecule has 2 N–H and O–H groups in total. The lowest BCUT2D eigenvalue weighted by Crippen LogP contribution is -2.03. The van der Waals surface area contributed by atoms with Crippen LogP contribution in [0.4, 0.5) is 5.69 Å². The Hall–Kier alpha value is -2.07. The highest BCUT2D eigenvalue weighted by atomic mass is 35.5. The van der Waals surface area contributed by atoms with E-state index in [4.69, 9.17) is 17.3 Å². The highest BCUT2D eigenvalue weighted by Gasteiger charge is 2.15. The maximum atomic E-state index is 6.10. The Bertz CT molecular complexity index is 764. The summed E-state index contributed by atoms with van der Waals surface area (Å²) in [5.41, 5.74) is 9.29. The molecule has 102 valence electrons. The van der Waals surface area contributed by atoms with E-state index in [2.05, 4.69) is 21.5 Å². The fourth-order valence-corrected chi connectivity index (χ4v) is 2.50. The van der Waals surface area contributed by atoms with Gasteiger partial charge in [-0.25, -0.2) is 4.98 Å². The van der Waals surface area contributed by atoms with Crippen LogP contribution in [0.25, 0.3) is 22.6 Å². The second-order valence-corrected chi connectivity index (χ2v) is 5.10. The lowest BCUT2D eigenvalue weighted by Gasteiger charge is -2.08. The van der Waals surface area contributed by atoms with Crippen molar-refractivity contribution in [1.29, 1.82) is 0 Å². The Balaban J connectivity index is 2.30. The molecule has 0 aliphatic rings. The predicted molar refractivity (Wildman–Crippen MR) is 82.7 cm³/mol. The number of nitrogens with zero attached hydrogens (tertiary/aromatic N) is 3. The minimum atomic E-state index is 0.631. The zero-order chi connectivity index (χ0) is 14.1. The van der Waals surface area contributed by atoms with Gasteiger partial charge in [-0.1, -0.05) is 18.5 Å². The first-order valence-electron chi connectivity index (χ1n) is 6.57. The molecule has 2 aromatic heterocycles. The molecule has 3 aromatic rings. The smallest absolute Gasteiger partial charge is 0.161 e. The van der Waals surface area contributed by atoms with Crippen molar-refractivity contribution in [3.63, 3.8) is 0 Å². The number of hydrogen-bond donors (Lipinski definition) is 1. The zero-order valence-electron chi connectivity index (χ0n) is 11.2. The van der Waals surface area contributed by atoms with Crippen LogP contribution >= 0.6 is 11.6 Å². The van der Waals surface area contributed by atoms with Crippen LogP contribution in [0, 0.1) is 0 Å². The number of halogens is 1. The molecular weight excluding hydrogens is 272 g/mol. The van der Waals surface area contributed by atoms with Crippen molar-refractivity contribution >= 4 is 28.3 Å². The minimum absolute atomic E-state index is 0.631. The molecule has 0 radical (unpaired) electrons. The van der Waals surface area contributed by atoms with Gasteiger partial charge >= 0.3 is 0 Å². The SMILES string of the molecule is CCCn1c(-c2ncccc2N)nc2ccc(Cl)cc21. The van der Waals surface area contributed by atoms with E-state index in [-0.39, 0.29) is 0 Å². The topological polar surface area (TPSA) is 56.7 Å². The van der Waals surface area contributed by atoms with Crippen LogP contribution < -0.4 is 5.73 Å². The molecule has 20 heavy (non-hydrogen) atoms. The number of benzene rings is 1. The van der Waals surface area contributed by atoms with Crippen LogP contribution in [0.2, 0.25) is 5.02 Å². The lowest BCUT2D eigenvalue weighted by molar-refractivity contribution is 0.703. The van der Waals surface area contributed by atoms with Crippen LogP contribution in [0.5, 0.6) is 0 Å². The van der Waals surface area contributed by atoms with Gasteiger partial charge in [0.25, 0.3) is 0 Å². The van der Waals surface area contributed by atoms with E-state index in [0.717, 1.165) is 29.8 Å². The normalized spacial score (nSPS) is 11.1. The summed E-state index contributed by atoms with van der Waals surface area (Å²) < 4.78 is 2.12. The first kappa shape index (κ1) is 12.9. The largest absolute Gasteiger partial charge is 0.397 e. The Morgan fingerprint density at radius 2 is 2.15 bits per heavy atom. The number of aryl methyl sites for hydroxylation is 1. The van der Waals surface area contributed by atoms with Crippen molar-refractivity contribution in [3.05, 3.63) is 41.6 Å². The number of pyridine rings is 1.